The topological polar surface area (TPSA) is 87.7 Å². The molecule has 0 unspecified atom stereocenters. The molecule has 25 heavy (non-hydrogen) atoms. The summed E-state index contributed by atoms with van der Waals surface area (Å²) in [7, 11) is 0. The average molecular weight is 358 g/mol. The Labute approximate surface area is 150 Å². The van der Waals surface area contributed by atoms with E-state index in [4.69, 9.17) is 22.1 Å². The van der Waals surface area contributed by atoms with Gasteiger partial charge in [-0.05, 0) is 68.0 Å². The summed E-state index contributed by atoms with van der Waals surface area (Å²) in [5.41, 5.74) is 1.90. The summed E-state index contributed by atoms with van der Waals surface area (Å²) in [6, 6.07) is 11.3. The Bertz CT molecular complexity index is 803. The van der Waals surface area contributed by atoms with E-state index < -0.39 is 5.97 Å². The van der Waals surface area contributed by atoms with Crippen LogP contribution < -0.4 is 15.4 Å². The number of carbonyl (C=O) groups is 2. The monoisotopic (exact) mass is 358 g/mol. The number of rotatable bonds is 5. The highest BCUT2D eigenvalue weighted by atomic mass is 32.1. The zero-order valence-electron chi connectivity index (χ0n) is 13.8. The van der Waals surface area contributed by atoms with Gasteiger partial charge in [-0.1, -0.05) is 6.07 Å². The molecule has 0 spiro atoms. The zero-order valence-corrected chi connectivity index (χ0v) is 14.6. The van der Waals surface area contributed by atoms with Crippen LogP contribution in [-0.2, 0) is 0 Å². The van der Waals surface area contributed by atoms with E-state index in [1.54, 1.807) is 30.3 Å². The Morgan fingerprint density at radius 1 is 1.12 bits per heavy atom. The molecule has 2 rings (SSSR count). The van der Waals surface area contributed by atoms with Gasteiger partial charge in [0.1, 0.15) is 5.75 Å². The molecule has 2 aromatic carbocycles. The lowest BCUT2D eigenvalue weighted by Gasteiger charge is -2.12. The molecular formula is C18H18N2O4S. The summed E-state index contributed by atoms with van der Waals surface area (Å²) in [6.07, 6.45) is 0. The first-order valence-electron chi connectivity index (χ1n) is 7.60. The smallest absolute Gasteiger partial charge is 0.335 e. The first kappa shape index (κ1) is 18.4. The number of ether oxygens (including phenoxy) is 1. The first-order chi connectivity index (χ1) is 11.9. The van der Waals surface area contributed by atoms with Crippen molar-refractivity contribution >= 4 is 34.9 Å². The predicted octanol–water partition coefficient (Wildman–Crippen LogP) is 3.22. The van der Waals surface area contributed by atoms with Crippen molar-refractivity contribution in [2.24, 2.45) is 0 Å². The highest BCUT2D eigenvalue weighted by Crippen LogP contribution is 2.17. The molecule has 0 heterocycles. The number of carbonyl (C=O) groups excluding carboxylic acids is 1. The molecule has 0 aromatic heterocycles. The molecule has 0 bridgehead atoms. The van der Waals surface area contributed by atoms with Crippen LogP contribution in [0.2, 0.25) is 0 Å². The van der Waals surface area contributed by atoms with Crippen LogP contribution >= 0.6 is 12.2 Å². The van der Waals surface area contributed by atoms with Gasteiger partial charge in [0.2, 0.25) is 0 Å². The number of carboxylic acid groups (broad SMARTS) is 1. The minimum Gasteiger partial charge on any atom is -0.494 e. The lowest BCUT2D eigenvalue weighted by molar-refractivity contribution is 0.0696. The van der Waals surface area contributed by atoms with Crippen molar-refractivity contribution in [1.82, 2.24) is 5.32 Å². The molecule has 0 atom stereocenters. The van der Waals surface area contributed by atoms with Crippen molar-refractivity contribution in [2.75, 3.05) is 11.9 Å². The zero-order chi connectivity index (χ0) is 18.4. The van der Waals surface area contributed by atoms with Crippen LogP contribution in [0.4, 0.5) is 5.69 Å². The maximum Gasteiger partial charge on any atom is 0.335 e. The standard InChI is InChI=1S/C18H18N2O4S/c1-3-24-14-8-6-12(7-9-14)16(21)20-18(25)19-15-10-13(17(22)23)5-4-11(15)2/h4-10H,3H2,1-2H3,(H,22,23)(H2,19,20,21,25). The Morgan fingerprint density at radius 2 is 1.76 bits per heavy atom. The van der Waals surface area contributed by atoms with Crippen LogP contribution in [0.3, 0.4) is 0 Å². The number of hydrogen-bond donors (Lipinski definition) is 3. The van der Waals surface area contributed by atoms with Gasteiger partial charge in [-0.2, -0.15) is 0 Å². The Morgan fingerprint density at radius 3 is 2.36 bits per heavy atom. The summed E-state index contributed by atoms with van der Waals surface area (Å²) >= 11 is 5.13. The lowest BCUT2D eigenvalue weighted by Crippen LogP contribution is -2.34. The van der Waals surface area contributed by atoms with Crippen LogP contribution in [0.5, 0.6) is 5.75 Å². The number of hydrogen-bond acceptors (Lipinski definition) is 4. The number of nitrogens with one attached hydrogen (secondary N) is 2. The molecule has 0 fully saturated rings. The van der Waals surface area contributed by atoms with Crippen LogP contribution in [0.1, 0.15) is 33.2 Å². The quantitative estimate of drug-likeness (QED) is 0.712. The van der Waals surface area contributed by atoms with E-state index in [0.29, 0.717) is 23.6 Å². The van der Waals surface area contributed by atoms with E-state index in [1.165, 1.54) is 12.1 Å². The van der Waals surface area contributed by atoms with Crippen molar-refractivity contribution in [3.8, 4) is 5.75 Å². The number of benzene rings is 2. The summed E-state index contributed by atoms with van der Waals surface area (Å²) in [5.74, 6) is -0.721. The fraction of sp³-hybridized carbons (Fsp3) is 0.167. The molecule has 0 saturated carbocycles. The van der Waals surface area contributed by atoms with Crippen molar-refractivity contribution in [3.05, 3.63) is 59.2 Å². The number of aryl methyl sites for hydroxylation is 1. The molecule has 2 aromatic rings. The van der Waals surface area contributed by atoms with Gasteiger partial charge in [-0.3, -0.25) is 10.1 Å². The van der Waals surface area contributed by atoms with Gasteiger partial charge in [-0.15, -0.1) is 0 Å². The van der Waals surface area contributed by atoms with Crippen molar-refractivity contribution in [2.45, 2.75) is 13.8 Å². The fourth-order valence-electron chi connectivity index (χ4n) is 2.09. The summed E-state index contributed by atoms with van der Waals surface area (Å²) < 4.78 is 5.33. The lowest BCUT2D eigenvalue weighted by atomic mass is 10.1. The van der Waals surface area contributed by atoms with Crippen LogP contribution in [0.15, 0.2) is 42.5 Å². The number of anilines is 1. The first-order valence-corrected chi connectivity index (χ1v) is 8.00. The average Bonchev–Trinajstić information content (AvgIpc) is 2.57. The van der Waals surface area contributed by atoms with Crippen LogP contribution in [0.25, 0.3) is 0 Å². The SMILES string of the molecule is CCOc1ccc(C(=O)NC(=S)Nc2cc(C(=O)O)ccc2C)cc1. The normalized spacial score (nSPS) is 10.0. The number of carboxylic acids is 1. The number of thiocarbonyl (C=S) groups is 1. The fourth-order valence-corrected chi connectivity index (χ4v) is 2.29. The molecular weight excluding hydrogens is 340 g/mol. The molecule has 0 aliphatic carbocycles. The molecule has 3 N–H and O–H groups in total. The second-order valence-electron chi connectivity index (χ2n) is 5.20. The van der Waals surface area contributed by atoms with Crippen molar-refractivity contribution < 1.29 is 19.4 Å². The third kappa shape index (κ3) is 5.02. The van der Waals surface area contributed by atoms with Crippen molar-refractivity contribution in [1.29, 1.82) is 0 Å². The van der Waals surface area contributed by atoms with E-state index >= 15 is 0 Å². The maximum atomic E-state index is 12.2. The minimum atomic E-state index is -1.03. The molecule has 6 nitrogen and oxygen atoms in total. The Balaban J connectivity index is 2.03. The molecule has 0 aliphatic rings. The van der Waals surface area contributed by atoms with Crippen LogP contribution in [0, 0.1) is 6.92 Å². The molecule has 0 radical (unpaired) electrons. The van der Waals surface area contributed by atoms with Gasteiger partial charge in [0, 0.05) is 11.3 Å². The van der Waals surface area contributed by atoms with Gasteiger partial charge in [0.15, 0.2) is 5.11 Å². The number of amides is 1. The van der Waals surface area contributed by atoms with Crippen molar-refractivity contribution in [3.63, 3.8) is 0 Å². The molecule has 0 aliphatic heterocycles. The molecule has 1 amide bonds. The van der Waals surface area contributed by atoms with Gasteiger partial charge in [0.05, 0.1) is 12.2 Å². The summed E-state index contributed by atoms with van der Waals surface area (Å²) in [6.45, 7) is 4.24. The summed E-state index contributed by atoms with van der Waals surface area (Å²) in [4.78, 5) is 23.2. The Hall–Kier alpha value is -2.93. The molecule has 130 valence electrons. The second kappa shape index (κ2) is 8.25. The van der Waals surface area contributed by atoms with E-state index in [-0.39, 0.29) is 16.6 Å². The third-order valence-corrected chi connectivity index (χ3v) is 3.59. The second-order valence-corrected chi connectivity index (χ2v) is 5.61. The molecule has 7 heteroatoms. The largest absolute Gasteiger partial charge is 0.494 e. The van der Waals surface area contributed by atoms with E-state index in [0.717, 1.165) is 5.56 Å². The van der Waals surface area contributed by atoms with E-state index in [9.17, 15) is 9.59 Å². The number of aromatic carboxylic acids is 1. The van der Waals surface area contributed by atoms with Gasteiger partial charge >= 0.3 is 5.97 Å². The Kier molecular flexibility index (Phi) is 6.08. The predicted molar refractivity (Wildman–Crippen MR) is 99.4 cm³/mol. The summed E-state index contributed by atoms with van der Waals surface area (Å²) in [5, 5.41) is 14.6. The minimum absolute atomic E-state index is 0.0875. The van der Waals surface area contributed by atoms with Crippen LogP contribution in [-0.4, -0.2) is 28.7 Å². The maximum absolute atomic E-state index is 12.2. The van der Waals surface area contributed by atoms with Gasteiger partial charge < -0.3 is 15.2 Å². The highest BCUT2D eigenvalue weighted by molar-refractivity contribution is 7.80. The third-order valence-electron chi connectivity index (χ3n) is 3.39. The van der Waals surface area contributed by atoms with Gasteiger partial charge in [0.25, 0.3) is 5.91 Å². The van der Waals surface area contributed by atoms with Gasteiger partial charge in [-0.25, -0.2) is 4.79 Å². The van der Waals surface area contributed by atoms with E-state index in [2.05, 4.69) is 10.6 Å². The van der Waals surface area contributed by atoms with E-state index in [1.807, 2.05) is 13.8 Å². The highest BCUT2D eigenvalue weighted by Gasteiger charge is 2.11. The molecule has 0 saturated heterocycles.